The Hall–Kier alpha value is -4.28. The van der Waals surface area contributed by atoms with E-state index < -0.39 is 0 Å². The van der Waals surface area contributed by atoms with E-state index >= 15 is 0 Å². The lowest BCUT2D eigenvalue weighted by atomic mass is 9.73. The number of nitrogens with two attached hydrogens (primary N) is 1. The highest BCUT2D eigenvalue weighted by atomic mass is 16.2. The number of H-pyrrole nitrogens is 2. The van der Waals surface area contributed by atoms with Gasteiger partial charge in [-0.1, -0.05) is 13.8 Å². The van der Waals surface area contributed by atoms with Gasteiger partial charge >= 0.3 is 0 Å². The summed E-state index contributed by atoms with van der Waals surface area (Å²) in [5.41, 5.74) is 11.1. The summed E-state index contributed by atoms with van der Waals surface area (Å²) in [5.74, 6) is 0.0596. The molecule has 11 heteroatoms. The number of nitrogens with zero attached hydrogens (tertiary/aromatic N) is 5. The monoisotopic (exact) mass is 471 g/mol. The van der Waals surface area contributed by atoms with Crippen LogP contribution in [0.3, 0.4) is 0 Å². The van der Waals surface area contributed by atoms with Crippen LogP contribution in [0.25, 0.3) is 22.3 Å². The predicted octanol–water partition coefficient (Wildman–Crippen LogP) is 1.80. The summed E-state index contributed by atoms with van der Waals surface area (Å²) in [7, 11) is 0. The molecule has 1 saturated heterocycles. The van der Waals surface area contributed by atoms with Crippen LogP contribution in [0.4, 0.5) is 5.95 Å². The molecule has 1 aliphatic heterocycles. The van der Waals surface area contributed by atoms with Gasteiger partial charge in [0.05, 0.1) is 11.4 Å². The van der Waals surface area contributed by atoms with Crippen LogP contribution in [-0.2, 0) is 11.8 Å². The molecule has 11 nitrogen and oxygen atoms in total. The van der Waals surface area contributed by atoms with E-state index in [1.807, 2.05) is 18.2 Å². The molecule has 1 aromatic carbocycles. The molecule has 178 valence electrons. The first kappa shape index (κ1) is 21.3. The van der Waals surface area contributed by atoms with E-state index in [2.05, 4.69) is 49.3 Å². The smallest absolute Gasteiger partial charge is 0.291 e. The van der Waals surface area contributed by atoms with E-state index in [9.17, 15) is 9.59 Å². The van der Waals surface area contributed by atoms with Crippen molar-refractivity contribution in [3.05, 3.63) is 53.2 Å². The van der Waals surface area contributed by atoms with Crippen molar-refractivity contribution in [2.24, 2.45) is 0 Å². The van der Waals surface area contributed by atoms with Crippen molar-refractivity contribution in [2.75, 3.05) is 18.8 Å². The summed E-state index contributed by atoms with van der Waals surface area (Å²) < 4.78 is 0. The molecule has 4 heterocycles. The van der Waals surface area contributed by atoms with Gasteiger partial charge in [-0.3, -0.25) is 14.7 Å². The van der Waals surface area contributed by atoms with Crippen molar-refractivity contribution in [3.63, 3.8) is 0 Å². The summed E-state index contributed by atoms with van der Waals surface area (Å²) in [4.78, 5) is 43.4. The standard InChI is InChI=1S/C24H25N9O2/c1-24(2)8-13-9-26-23(25)31-18(13)19-17(24)15-7-12(3-4-16(15)30-19)21(34)29-14-5-6-33(10-14)22(35)20-27-11-28-32-20/h3-4,7,9,11,14,30H,5-6,8,10H2,1-2H3,(H,29,34)(H2,25,26,31)(H,27,28,32). The fourth-order valence-corrected chi connectivity index (χ4v) is 5.33. The van der Waals surface area contributed by atoms with Crippen molar-refractivity contribution in [1.29, 1.82) is 0 Å². The minimum Gasteiger partial charge on any atom is -0.368 e. The number of likely N-dealkylation sites (tertiary alicyclic amines) is 1. The lowest BCUT2D eigenvalue weighted by Crippen LogP contribution is -2.38. The number of aromatic nitrogens is 6. The van der Waals surface area contributed by atoms with Gasteiger partial charge in [-0.15, -0.1) is 0 Å². The summed E-state index contributed by atoms with van der Waals surface area (Å²) in [5, 5.41) is 10.4. The number of carbonyl (C=O) groups excluding carboxylic acids is 2. The predicted molar refractivity (Wildman–Crippen MR) is 129 cm³/mol. The SMILES string of the molecule is CC1(C)Cc2cnc(N)nc2-c2[nH]c3ccc(C(=O)NC4CCN(C(=O)c5ncn[nH]5)C4)cc3c21. The van der Waals surface area contributed by atoms with Gasteiger partial charge in [0.25, 0.3) is 11.8 Å². The van der Waals surface area contributed by atoms with Gasteiger partial charge in [0.2, 0.25) is 11.8 Å². The fourth-order valence-electron chi connectivity index (χ4n) is 5.33. The van der Waals surface area contributed by atoms with Crippen molar-refractivity contribution in [1.82, 2.24) is 40.3 Å². The fraction of sp³-hybridized carbons (Fsp3) is 0.333. The van der Waals surface area contributed by atoms with E-state index in [1.54, 1.807) is 11.1 Å². The van der Waals surface area contributed by atoms with Crippen LogP contribution in [0, 0.1) is 0 Å². The molecule has 6 rings (SSSR count). The minimum absolute atomic E-state index is 0.131. The lowest BCUT2D eigenvalue weighted by molar-refractivity contribution is 0.0772. The number of benzene rings is 1. The molecule has 4 aromatic rings. The maximum Gasteiger partial charge on any atom is 0.291 e. The molecule has 35 heavy (non-hydrogen) atoms. The zero-order chi connectivity index (χ0) is 24.3. The third kappa shape index (κ3) is 3.50. The average Bonchev–Trinajstić information content (AvgIpc) is 3.58. The van der Waals surface area contributed by atoms with Crippen molar-refractivity contribution in [3.8, 4) is 11.4 Å². The topological polar surface area (TPSA) is 159 Å². The first-order valence-electron chi connectivity index (χ1n) is 11.5. The molecule has 1 atom stereocenters. The zero-order valence-corrected chi connectivity index (χ0v) is 19.4. The third-order valence-electron chi connectivity index (χ3n) is 6.92. The molecule has 1 fully saturated rings. The number of hydrogen-bond donors (Lipinski definition) is 4. The number of anilines is 1. The summed E-state index contributed by atoms with van der Waals surface area (Å²) >= 11 is 0. The number of carbonyl (C=O) groups is 2. The molecule has 5 N–H and O–H groups in total. The minimum atomic E-state index is -0.216. The van der Waals surface area contributed by atoms with Gasteiger partial charge < -0.3 is 20.9 Å². The highest BCUT2D eigenvalue weighted by molar-refractivity contribution is 6.01. The van der Waals surface area contributed by atoms with Gasteiger partial charge in [0.1, 0.15) is 6.33 Å². The summed E-state index contributed by atoms with van der Waals surface area (Å²) in [6, 6.07) is 5.54. The Morgan fingerprint density at radius 2 is 2.11 bits per heavy atom. The number of amides is 2. The maximum absolute atomic E-state index is 13.2. The van der Waals surface area contributed by atoms with Crippen LogP contribution in [0.15, 0.2) is 30.7 Å². The molecule has 1 unspecified atom stereocenters. The highest BCUT2D eigenvalue weighted by Crippen LogP contribution is 2.45. The molecule has 0 spiro atoms. The first-order chi connectivity index (χ1) is 16.8. The number of fused-ring (bicyclic) bond motifs is 5. The Morgan fingerprint density at radius 3 is 2.91 bits per heavy atom. The van der Waals surface area contributed by atoms with E-state index in [1.165, 1.54) is 6.33 Å². The molecular formula is C24H25N9O2. The zero-order valence-electron chi connectivity index (χ0n) is 19.4. The van der Waals surface area contributed by atoms with Gasteiger partial charge in [-0.2, -0.15) is 5.10 Å². The number of aromatic amines is 2. The van der Waals surface area contributed by atoms with Crippen molar-refractivity contribution >= 4 is 28.7 Å². The van der Waals surface area contributed by atoms with E-state index in [-0.39, 0.29) is 35.0 Å². The summed E-state index contributed by atoms with van der Waals surface area (Å²) in [6.07, 6.45) is 4.56. The Morgan fingerprint density at radius 1 is 1.26 bits per heavy atom. The van der Waals surface area contributed by atoms with Gasteiger partial charge in [0, 0.05) is 41.8 Å². The van der Waals surface area contributed by atoms with Crippen molar-refractivity contribution in [2.45, 2.75) is 38.1 Å². The second kappa shape index (κ2) is 7.62. The van der Waals surface area contributed by atoms with Gasteiger partial charge in [0.15, 0.2) is 0 Å². The van der Waals surface area contributed by atoms with Crippen LogP contribution in [0.2, 0.25) is 0 Å². The molecule has 0 radical (unpaired) electrons. The highest BCUT2D eigenvalue weighted by Gasteiger charge is 2.36. The van der Waals surface area contributed by atoms with Crippen LogP contribution in [-0.4, -0.2) is 66.0 Å². The average molecular weight is 472 g/mol. The van der Waals surface area contributed by atoms with Crippen molar-refractivity contribution < 1.29 is 9.59 Å². The van der Waals surface area contributed by atoms with Crippen LogP contribution in [0.1, 0.15) is 52.4 Å². The summed E-state index contributed by atoms with van der Waals surface area (Å²) in [6.45, 7) is 5.35. The van der Waals surface area contributed by atoms with Crippen LogP contribution >= 0.6 is 0 Å². The molecule has 2 aliphatic rings. The number of rotatable bonds is 3. The van der Waals surface area contributed by atoms with Crippen LogP contribution < -0.4 is 11.1 Å². The number of nitrogens with one attached hydrogen (secondary N) is 3. The quantitative estimate of drug-likeness (QED) is 0.355. The van der Waals surface area contributed by atoms with E-state index in [4.69, 9.17) is 5.73 Å². The molecule has 0 saturated carbocycles. The Kier molecular flexibility index (Phi) is 4.63. The molecule has 2 amide bonds. The van der Waals surface area contributed by atoms with Gasteiger partial charge in [-0.25, -0.2) is 15.0 Å². The van der Waals surface area contributed by atoms with Crippen LogP contribution in [0.5, 0.6) is 0 Å². The second-order valence-electron chi connectivity index (χ2n) is 9.84. The van der Waals surface area contributed by atoms with E-state index in [0.29, 0.717) is 25.1 Å². The number of nitrogen functional groups attached to an aromatic ring is 1. The molecule has 3 aromatic heterocycles. The lowest BCUT2D eigenvalue weighted by Gasteiger charge is -2.31. The maximum atomic E-state index is 13.2. The normalized spacial score (nSPS) is 18.3. The van der Waals surface area contributed by atoms with Gasteiger partial charge in [-0.05, 0) is 47.6 Å². The third-order valence-corrected chi connectivity index (χ3v) is 6.92. The molecular weight excluding hydrogens is 446 g/mol. The number of hydrogen-bond acceptors (Lipinski definition) is 7. The largest absolute Gasteiger partial charge is 0.368 e. The molecule has 1 aliphatic carbocycles. The first-order valence-corrected chi connectivity index (χ1v) is 11.5. The van der Waals surface area contributed by atoms with E-state index in [0.717, 1.165) is 39.8 Å². The Bertz CT molecular complexity index is 1470. The molecule has 0 bridgehead atoms. The Labute approximate surface area is 200 Å². The Balaban J connectivity index is 1.27. The second-order valence-corrected chi connectivity index (χ2v) is 9.84.